The number of ether oxygens (including phenoxy) is 2. The molecular formula is C19H28F3NO3. The number of hydrogen-bond donors (Lipinski definition) is 1. The Balaban J connectivity index is 2.76. The van der Waals surface area contributed by atoms with Crippen molar-refractivity contribution >= 4 is 6.09 Å². The topological polar surface area (TPSA) is 47.6 Å². The fourth-order valence-electron chi connectivity index (χ4n) is 2.26. The van der Waals surface area contributed by atoms with E-state index in [0.29, 0.717) is 25.7 Å². The lowest BCUT2D eigenvalue weighted by Crippen LogP contribution is -2.41. The standard InChI is InChI=1S/C19H28F3NO3/c1-5-6-8-25-9-7-14(23-18(24)26-19(2,3)4)10-13-11-16(21)17(22)12-15(13)20/h11-12,14H,5-10H2,1-4H3,(H,23,24)/t14-/m0/s1. The number of amides is 1. The summed E-state index contributed by atoms with van der Waals surface area (Å²) >= 11 is 0. The van der Waals surface area contributed by atoms with Crippen LogP contribution < -0.4 is 5.32 Å². The van der Waals surface area contributed by atoms with Crippen molar-refractivity contribution in [1.29, 1.82) is 0 Å². The van der Waals surface area contributed by atoms with Crippen LogP contribution in [0.3, 0.4) is 0 Å². The van der Waals surface area contributed by atoms with Gasteiger partial charge in [-0.1, -0.05) is 13.3 Å². The number of carbonyl (C=O) groups is 1. The number of unbranched alkanes of at least 4 members (excludes halogenated alkanes) is 1. The molecule has 148 valence electrons. The van der Waals surface area contributed by atoms with Gasteiger partial charge in [0.15, 0.2) is 11.6 Å². The molecule has 0 bridgehead atoms. The van der Waals surface area contributed by atoms with Gasteiger partial charge >= 0.3 is 6.09 Å². The quantitative estimate of drug-likeness (QED) is 0.501. The van der Waals surface area contributed by atoms with Gasteiger partial charge in [0.1, 0.15) is 11.4 Å². The van der Waals surface area contributed by atoms with Crippen molar-refractivity contribution in [3.05, 3.63) is 35.1 Å². The first-order valence-corrected chi connectivity index (χ1v) is 8.83. The van der Waals surface area contributed by atoms with Gasteiger partial charge in [0.25, 0.3) is 0 Å². The summed E-state index contributed by atoms with van der Waals surface area (Å²) < 4.78 is 51.1. The van der Waals surface area contributed by atoms with Gasteiger partial charge in [0, 0.05) is 25.3 Å². The van der Waals surface area contributed by atoms with E-state index in [1.807, 2.05) is 6.92 Å². The molecule has 26 heavy (non-hydrogen) atoms. The second-order valence-electron chi connectivity index (χ2n) is 7.16. The zero-order valence-corrected chi connectivity index (χ0v) is 15.8. The molecule has 0 fully saturated rings. The first-order chi connectivity index (χ1) is 12.1. The summed E-state index contributed by atoms with van der Waals surface area (Å²) in [4.78, 5) is 12.0. The fourth-order valence-corrected chi connectivity index (χ4v) is 2.26. The smallest absolute Gasteiger partial charge is 0.407 e. The average Bonchev–Trinajstić information content (AvgIpc) is 2.50. The van der Waals surface area contributed by atoms with Gasteiger partial charge in [-0.25, -0.2) is 18.0 Å². The molecule has 0 aromatic heterocycles. The van der Waals surface area contributed by atoms with Crippen LogP contribution in [0.15, 0.2) is 12.1 Å². The van der Waals surface area contributed by atoms with Crippen LogP contribution in [0.1, 0.15) is 52.5 Å². The maximum atomic E-state index is 13.9. The van der Waals surface area contributed by atoms with Crippen molar-refractivity contribution in [2.75, 3.05) is 13.2 Å². The number of hydrogen-bond acceptors (Lipinski definition) is 3. The molecule has 7 heteroatoms. The molecule has 0 radical (unpaired) electrons. The minimum Gasteiger partial charge on any atom is -0.444 e. The molecule has 1 atom stereocenters. The van der Waals surface area contributed by atoms with E-state index >= 15 is 0 Å². The van der Waals surface area contributed by atoms with Gasteiger partial charge in [-0.2, -0.15) is 0 Å². The van der Waals surface area contributed by atoms with E-state index in [1.165, 1.54) is 0 Å². The van der Waals surface area contributed by atoms with Gasteiger partial charge in [0.2, 0.25) is 0 Å². The summed E-state index contributed by atoms with van der Waals surface area (Å²) in [6.07, 6.45) is 1.65. The van der Waals surface area contributed by atoms with Gasteiger partial charge in [-0.05, 0) is 51.7 Å². The maximum Gasteiger partial charge on any atom is 0.407 e. The second kappa shape index (κ2) is 10.4. The summed E-state index contributed by atoms with van der Waals surface area (Å²) in [5.41, 5.74) is -0.696. The van der Waals surface area contributed by atoms with E-state index in [4.69, 9.17) is 9.47 Å². The van der Waals surface area contributed by atoms with Crippen LogP contribution in [0, 0.1) is 17.5 Å². The second-order valence-corrected chi connectivity index (χ2v) is 7.16. The highest BCUT2D eigenvalue weighted by molar-refractivity contribution is 5.68. The zero-order chi connectivity index (χ0) is 19.7. The predicted molar refractivity (Wildman–Crippen MR) is 93.5 cm³/mol. The Hall–Kier alpha value is -1.76. The SMILES string of the molecule is CCCCOCC[C@@H](Cc1cc(F)c(F)cc1F)NC(=O)OC(C)(C)C. The molecule has 1 rings (SSSR count). The number of halogens is 3. The lowest BCUT2D eigenvalue weighted by molar-refractivity contribution is 0.0486. The zero-order valence-electron chi connectivity index (χ0n) is 15.8. The molecule has 1 amide bonds. The van der Waals surface area contributed by atoms with E-state index in [1.54, 1.807) is 20.8 Å². The Bertz CT molecular complexity index is 588. The molecule has 1 N–H and O–H groups in total. The van der Waals surface area contributed by atoms with Crippen LogP contribution in [0.2, 0.25) is 0 Å². The molecule has 0 aliphatic rings. The molecule has 1 aromatic rings. The van der Waals surface area contributed by atoms with Crippen molar-refractivity contribution in [2.24, 2.45) is 0 Å². The van der Waals surface area contributed by atoms with Crippen molar-refractivity contribution < 1.29 is 27.4 Å². The van der Waals surface area contributed by atoms with E-state index in [-0.39, 0.29) is 12.0 Å². The third-order valence-corrected chi connectivity index (χ3v) is 3.53. The summed E-state index contributed by atoms with van der Waals surface area (Å²) in [6, 6.07) is 0.783. The highest BCUT2D eigenvalue weighted by Crippen LogP contribution is 2.17. The largest absolute Gasteiger partial charge is 0.444 e. The summed E-state index contributed by atoms with van der Waals surface area (Å²) in [5, 5.41) is 2.65. The molecule has 1 aromatic carbocycles. The third-order valence-electron chi connectivity index (χ3n) is 3.53. The molecular weight excluding hydrogens is 347 g/mol. The average molecular weight is 375 g/mol. The minimum atomic E-state index is -1.24. The molecule has 0 aliphatic carbocycles. The van der Waals surface area contributed by atoms with Crippen molar-refractivity contribution in [1.82, 2.24) is 5.32 Å². The Kier molecular flexibility index (Phi) is 8.92. The van der Waals surface area contributed by atoms with Crippen LogP contribution in [0.25, 0.3) is 0 Å². The minimum absolute atomic E-state index is 0.000581. The molecule has 4 nitrogen and oxygen atoms in total. The van der Waals surface area contributed by atoms with Crippen LogP contribution >= 0.6 is 0 Å². The third kappa shape index (κ3) is 8.56. The Labute approximate surface area is 153 Å². The van der Waals surface area contributed by atoms with Gasteiger partial charge in [0.05, 0.1) is 0 Å². The van der Waals surface area contributed by atoms with E-state index < -0.39 is 35.2 Å². The van der Waals surface area contributed by atoms with Gasteiger partial charge in [-0.3, -0.25) is 0 Å². The normalized spacial score (nSPS) is 12.7. The Morgan fingerprint density at radius 3 is 2.38 bits per heavy atom. The molecule has 0 heterocycles. The molecule has 0 aliphatic heterocycles. The van der Waals surface area contributed by atoms with E-state index in [0.717, 1.165) is 18.9 Å². The highest BCUT2D eigenvalue weighted by atomic mass is 19.2. The van der Waals surface area contributed by atoms with Crippen LogP contribution in [0.4, 0.5) is 18.0 Å². The van der Waals surface area contributed by atoms with Crippen molar-refractivity contribution in [3.63, 3.8) is 0 Å². The summed E-state index contributed by atoms with van der Waals surface area (Å²) in [5.74, 6) is -3.23. The number of carbonyl (C=O) groups excluding carboxylic acids is 1. The summed E-state index contributed by atoms with van der Waals surface area (Å²) in [7, 11) is 0. The predicted octanol–water partition coefficient (Wildman–Crippen LogP) is 4.75. The van der Waals surface area contributed by atoms with Crippen LogP contribution in [0.5, 0.6) is 0 Å². The Morgan fingerprint density at radius 2 is 1.77 bits per heavy atom. The maximum absolute atomic E-state index is 13.9. The van der Waals surface area contributed by atoms with Crippen LogP contribution in [-0.2, 0) is 15.9 Å². The monoisotopic (exact) mass is 375 g/mol. The first-order valence-electron chi connectivity index (χ1n) is 8.83. The van der Waals surface area contributed by atoms with E-state index in [2.05, 4.69) is 5.32 Å². The first kappa shape index (κ1) is 22.3. The van der Waals surface area contributed by atoms with Gasteiger partial charge < -0.3 is 14.8 Å². The Morgan fingerprint density at radius 1 is 1.12 bits per heavy atom. The highest BCUT2D eigenvalue weighted by Gasteiger charge is 2.21. The number of alkyl carbamates (subject to hydrolysis) is 1. The molecule has 0 unspecified atom stereocenters. The van der Waals surface area contributed by atoms with Crippen molar-refractivity contribution in [3.8, 4) is 0 Å². The lowest BCUT2D eigenvalue weighted by atomic mass is 10.0. The fraction of sp³-hybridized carbons (Fsp3) is 0.632. The molecule has 0 saturated carbocycles. The molecule has 0 saturated heterocycles. The molecule has 0 spiro atoms. The number of benzene rings is 1. The van der Waals surface area contributed by atoms with Crippen molar-refractivity contribution in [2.45, 2.75) is 65.0 Å². The van der Waals surface area contributed by atoms with Crippen LogP contribution in [-0.4, -0.2) is 30.9 Å². The number of nitrogens with one attached hydrogen (secondary N) is 1. The number of rotatable bonds is 9. The van der Waals surface area contributed by atoms with Gasteiger partial charge in [-0.15, -0.1) is 0 Å². The lowest BCUT2D eigenvalue weighted by Gasteiger charge is -2.24. The van der Waals surface area contributed by atoms with E-state index in [9.17, 15) is 18.0 Å². The summed E-state index contributed by atoms with van der Waals surface area (Å²) in [6.45, 7) is 8.17.